The molecule has 2 aromatic rings. The number of nitrogens with one attached hydrogen (secondary N) is 3. The number of pyridine rings is 1. The van der Waals surface area contributed by atoms with Crippen molar-refractivity contribution in [1.82, 2.24) is 9.71 Å². The Kier molecular flexibility index (Phi) is 6.48. The second kappa shape index (κ2) is 9.40. The van der Waals surface area contributed by atoms with E-state index in [9.17, 15) is 9.90 Å². The van der Waals surface area contributed by atoms with Gasteiger partial charge >= 0.3 is 0 Å². The quantitative estimate of drug-likeness (QED) is 0.388. The zero-order valence-electron chi connectivity index (χ0n) is 20.1. The molecule has 0 atom stereocenters. The van der Waals surface area contributed by atoms with E-state index >= 15 is 0 Å². The summed E-state index contributed by atoms with van der Waals surface area (Å²) in [5.74, 6) is 1.23. The van der Waals surface area contributed by atoms with Crippen LogP contribution in [0.25, 0.3) is 0 Å². The van der Waals surface area contributed by atoms with E-state index in [1.165, 1.54) is 25.7 Å². The molecule has 1 aliphatic heterocycles. The predicted molar refractivity (Wildman–Crippen MR) is 139 cm³/mol. The number of anilines is 3. The molecule has 8 heteroatoms. The van der Waals surface area contributed by atoms with Crippen LogP contribution >= 0.6 is 11.9 Å². The van der Waals surface area contributed by atoms with Crippen molar-refractivity contribution in [2.24, 2.45) is 5.41 Å². The van der Waals surface area contributed by atoms with Gasteiger partial charge < -0.3 is 20.6 Å². The third-order valence-corrected chi connectivity index (χ3v) is 8.02. The van der Waals surface area contributed by atoms with Gasteiger partial charge in [-0.2, -0.15) is 0 Å². The normalized spacial score (nSPS) is 19.2. The van der Waals surface area contributed by atoms with Crippen molar-refractivity contribution in [3.8, 4) is 0 Å². The number of hydrogen-bond donors (Lipinski definition) is 4. The highest BCUT2D eigenvalue weighted by Gasteiger charge is 2.45. The third kappa shape index (κ3) is 5.67. The first-order chi connectivity index (χ1) is 16.3. The van der Waals surface area contributed by atoms with Crippen molar-refractivity contribution in [3.05, 3.63) is 42.0 Å². The molecule has 7 nitrogen and oxygen atoms in total. The fraction of sp³-hybridized carbons (Fsp3) is 0.538. The molecular formula is C26H35N5O2S. The van der Waals surface area contributed by atoms with Gasteiger partial charge in [-0.3, -0.25) is 9.52 Å². The van der Waals surface area contributed by atoms with Crippen LogP contribution in [0, 0.1) is 5.41 Å². The molecule has 0 radical (unpaired) electrons. The Labute approximate surface area is 206 Å². The van der Waals surface area contributed by atoms with E-state index in [4.69, 9.17) is 4.98 Å². The third-order valence-electron chi connectivity index (χ3n) is 7.07. The Morgan fingerprint density at radius 1 is 1.18 bits per heavy atom. The van der Waals surface area contributed by atoms with Crippen LogP contribution in [0.2, 0.25) is 0 Å². The summed E-state index contributed by atoms with van der Waals surface area (Å²) in [6.07, 6.45) is 7.44. The number of piperidine rings is 1. The fourth-order valence-electron chi connectivity index (χ4n) is 4.38. The first-order valence-corrected chi connectivity index (χ1v) is 13.2. The molecule has 182 valence electrons. The van der Waals surface area contributed by atoms with Gasteiger partial charge in [0.15, 0.2) is 0 Å². The van der Waals surface area contributed by atoms with E-state index in [1.54, 1.807) is 11.9 Å². The van der Waals surface area contributed by atoms with Crippen molar-refractivity contribution in [3.63, 3.8) is 0 Å². The van der Waals surface area contributed by atoms with Crippen LogP contribution in [0.4, 0.5) is 17.3 Å². The summed E-state index contributed by atoms with van der Waals surface area (Å²) in [6, 6.07) is 12.2. The Balaban J connectivity index is 1.35. The molecule has 5 rings (SSSR count). The zero-order valence-corrected chi connectivity index (χ0v) is 20.9. The highest BCUT2D eigenvalue weighted by molar-refractivity contribution is 7.97. The number of aliphatic hydroxyl groups is 1. The molecule has 0 bridgehead atoms. The summed E-state index contributed by atoms with van der Waals surface area (Å²) in [7, 11) is 0. The van der Waals surface area contributed by atoms with E-state index in [2.05, 4.69) is 20.3 Å². The van der Waals surface area contributed by atoms with Crippen LogP contribution < -0.4 is 20.3 Å². The highest BCUT2D eigenvalue weighted by atomic mass is 32.2. The fourth-order valence-corrected chi connectivity index (χ4v) is 5.25. The molecule has 1 saturated heterocycles. The largest absolute Gasteiger partial charge is 0.394 e. The minimum atomic E-state index is -0.499. The maximum Gasteiger partial charge on any atom is 0.259 e. The van der Waals surface area contributed by atoms with E-state index < -0.39 is 5.54 Å². The average molecular weight is 482 g/mol. The van der Waals surface area contributed by atoms with Crippen molar-refractivity contribution in [2.45, 2.75) is 68.8 Å². The minimum absolute atomic E-state index is 0.0115. The molecule has 1 spiro atoms. The second-order valence-corrected chi connectivity index (χ2v) is 11.6. The predicted octanol–water partition coefficient (Wildman–Crippen LogP) is 4.66. The van der Waals surface area contributed by atoms with Gasteiger partial charge in [0.2, 0.25) is 0 Å². The molecule has 1 aromatic heterocycles. The number of aromatic nitrogens is 1. The summed E-state index contributed by atoms with van der Waals surface area (Å²) < 4.78 is 3.44. The first kappa shape index (κ1) is 23.5. The summed E-state index contributed by atoms with van der Waals surface area (Å²) in [5.41, 5.74) is 1.40. The SMILES string of the molecule is CC(C)(CO)Nc1ccc(C(=O)Nc2cccc(SNC3CC3)c2)c(N2CCC3(CC2)CC3)n1. The summed E-state index contributed by atoms with van der Waals surface area (Å²) >= 11 is 1.62. The lowest BCUT2D eigenvalue weighted by Gasteiger charge is -2.34. The molecule has 2 saturated carbocycles. The monoisotopic (exact) mass is 481 g/mol. The molecule has 2 heterocycles. The van der Waals surface area contributed by atoms with Gasteiger partial charge in [0.1, 0.15) is 11.6 Å². The zero-order chi connectivity index (χ0) is 23.8. The molecule has 3 fully saturated rings. The minimum Gasteiger partial charge on any atom is -0.394 e. The maximum absolute atomic E-state index is 13.4. The topological polar surface area (TPSA) is 89.5 Å². The number of nitrogens with zero attached hydrogens (tertiary/aromatic N) is 2. The Hall–Kier alpha value is -2.29. The van der Waals surface area contributed by atoms with Crippen LogP contribution in [-0.2, 0) is 0 Å². The molecule has 4 N–H and O–H groups in total. The lowest BCUT2D eigenvalue weighted by Crippen LogP contribution is -2.38. The molecule has 1 aromatic carbocycles. The standard InChI is InChI=1S/C26H35N5O2S/c1-25(2,17-32)29-22-9-8-21(23(28-22)31-14-12-26(10-11-26)13-15-31)24(33)27-19-4-3-5-20(16-19)34-30-18-6-7-18/h3-5,8-9,16,18,30,32H,6-7,10-15,17H2,1-2H3,(H,27,33)(H,28,29). The molecule has 3 aliphatic rings. The Morgan fingerprint density at radius 3 is 2.62 bits per heavy atom. The van der Waals surface area contributed by atoms with E-state index in [0.717, 1.165) is 36.5 Å². The number of carbonyl (C=O) groups is 1. The van der Waals surface area contributed by atoms with Crippen molar-refractivity contribution >= 4 is 35.2 Å². The first-order valence-electron chi connectivity index (χ1n) is 12.3. The van der Waals surface area contributed by atoms with Crippen LogP contribution in [0.3, 0.4) is 0 Å². The smallest absolute Gasteiger partial charge is 0.259 e. The Bertz CT molecular complexity index is 1040. The van der Waals surface area contributed by atoms with Crippen LogP contribution in [-0.4, -0.2) is 47.3 Å². The molecule has 1 amide bonds. The molecule has 0 unspecified atom stereocenters. The summed E-state index contributed by atoms with van der Waals surface area (Å²) in [4.78, 5) is 21.6. The number of hydrogen-bond acceptors (Lipinski definition) is 7. The van der Waals surface area contributed by atoms with Gasteiger partial charge in [0.25, 0.3) is 5.91 Å². The maximum atomic E-state index is 13.4. The molecule has 2 aliphatic carbocycles. The number of carbonyl (C=O) groups excluding carboxylic acids is 1. The number of rotatable bonds is 9. The van der Waals surface area contributed by atoms with E-state index in [-0.39, 0.29) is 12.5 Å². The van der Waals surface area contributed by atoms with Gasteiger partial charge in [0.05, 0.1) is 17.7 Å². The number of aliphatic hydroxyl groups excluding tert-OH is 1. The highest BCUT2D eigenvalue weighted by Crippen LogP contribution is 2.54. The van der Waals surface area contributed by atoms with Gasteiger partial charge in [-0.25, -0.2) is 4.98 Å². The van der Waals surface area contributed by atoms with Crippen LogP contribution in [0.1, 0.15) is 62.7 Å². The lowest BCUT2D eigenvalue weighted by atomic mass is 9.93. The van der Waals surface area contributed by atoms with Crippen LogP contribution in [0.5, 0.6) is 0 Å². The van der Waals surface area contributed by atoms with Crippen molar-refractivity contribution in [1.29, 1.82) is 0 Å². The van der Waals surface area contributed by atoms with Crippen molar-refractivity contribution < 1.29 is 9.90 Å². The van der Waals surface area contributed by atoms with Gasteiger partial charge in [-0.05, 0) is 100 Å². The Morgan fingerprint density at radius 2 is 1.94 bits per heavy atom. The second-order valence-electron chi connectivity index (χ2n) is 10.7. The molecular weight excluding hydrogens is 446 g/mol. The van der Waals surface area contributed by atoms with Gasteiger partial charge in [-0.15, -0.1) is 0 Å². The van der Waals surface area contributed by atoms with Gasteiger partial charge in [0, 0.05) is 29.7 Å². The number of benzene rings is 1. The molecule has 34 heavy (non-hydrogen) atoms. The lowest BCUT2D eigenvalue weighted by molar-refractivity contribution is 0.102. The summed E-state index contributed by atoms with van der Waals surface area (Å²) in [6.45, 7) is 5.67. The summed E-state index contributed by atoms with van der Waals surface area (Å²) in [5, 5.41) is 16.0. The van der Waals surface area contributed by atoms with Crippen LogP contribution in [0.15, 0.2) is 41.3 Å². The number of amides is 1. The van der Waals surface area contributed by atoms with Gasteiger partial charge in [-0.1, -0.05) is 6.07 Å². The average Bonchev–Trinajstić information content (AvgIpc) is 3.76. The van der Waals surface area contributed by atoms with Crippen molar-refractivity contribution in [2.75, 3.05) is 35.2 Å². The van der Waals surface area contributed by atoms with E-state index in [0.29, 0.717) is 28.7 Å². The van der Waals surface area contributed by atoms with E-state index in [1.807, 2.05) is 50.2 Å².